The second-order valence-corrected chi connectivity index (χ2v) is 12.1. The molecule has 2 aliphatic carbocycles. The molecule has 1 aromatic rings. The Morgan fingerprint density at radius 1 is 0.974 bits per heavy atom. The molecule has 214 valence electrons. The van der Waals surface area contributed by atoms with Crippen LogP contribution < -0.4 is 21.7 Å². The van der Waals surface area contributed by atoms with E-state index in [0.717, 1.165) is 37.7 Å². The Kier molecular flexibility index (Phi) is 10.3. The van der Waals surface area contributed by atoms with E-state index in [0.29, 0.717) is 12.8 Å². The highest BCUT2D eigenvalue weighted by atomic mass is 16.2. The maximum atomic E-state index is 14.1. The van der Waals surface area contributed by atoms with Crippen LogP contribution in [0.2, 0.25) is 0 Å². The first kappa shape index (κ1) is 30.3. The zero-order valence-electron chi connectivity index (χ0n) is 23.6. The second kappa shape index (κ2) is 13.2. The van der Waals surface area contributed by atoms with Crippen LogP contribution in [0, 0.1) is 17.8 Å². The maximum absolute atomic E-state index is 14.1. The fraction of sp³-hybridized carbons (Fsp3) is 0.633. The summed E-state index contributed by atoms with van der Waals surface area (Å²) >= 11 is 0. The van der Waals surface area contributed by atoms with Gasteiger partial charge in [-0.2, -0.15) is 0 Å². The third-order valence-electron chi connectivity index (χ3n) is 7.93. The molecular formula is C30H44N4O5. The Morgan fingerprint density at radius 3 is 2.18 bits per heavy atom. The molecule has 0 bridgehead atoms. The minimum Gasteiger partial charge on any atom is -0.363 e. The van der Waals surface area contributed by atoms with E-state index in [9.17, 15) is 24.0 Å². The van der Waals surface area contributed by atoms with Crippen LogP contribution in [0.3, 0.4) is 0 Å². The molecule has 0 heterocycles. The highest BCUT2D eigenvalue weighted by molar-refractivity contribution is 6.37. The quantitative estimate of drug-likeness (QED) is 0.318. The molecule has 2 saturated carbocycles. The number of Topliss-reactive ketones (excluding diaryl/α,β-unsaturated/α-hetero) is 2. The number of ketones is 2. The molecule has 4 amide bonds. The van der Waals surface area contributed by atoms with Crippen LogP contribution in [0.1, 0.15) is 90.5 Å². The predicted octanol–water partition coefficient (Wildman–Crippen LogP) is 3.36. The van der Waals surface area contributed by atoms with Crippen LogP contribution >= 0.6 is 0 Å². The Morgan fingerprint density at radius 2 is 1.62 bits per heavy atom. The standard InChI is InChI=1S/C30H44N4O5/c1-5-12-22(26(36)27(31)37)32-28(38)23-20(18-13-8-6-9-14-18)17-21(23)25(35)24(19-15-10-7-11-16-19)33-29(39)34-30(2,3)4/h6,8-9,13-14,19-24H,5,7,10-12,15-17H2,1-4H3,(H2,31,37)(H,32,38)(H2,33,34,39). The lowest BCUT2D eigenvalue weighted by atomic mass is 9.58. The van der Waals surface area contributed by atoms with Gasteiger partial charge in [-0.25, -0.2) is 4.79 Å². The largest absolute Gasteiger partial charge is 0.363 e. The molecule has 0 radical (unpaired) electrons. The number of urea groups is 1. The SMILES string of the molecule is CCCC(NC(=O)C1C(C(=O)C(NC(=O)NC(C)(C)C)C2CCCCC2)CC1c1ccccc1)C(=O)C(N)=O. The van der Waals surface area contributed by atoms with Gasteiger partial charge in [-0.05, 0) is 63.9 Å². The number of hydrogen-bond donors (Lipinski definition) is 4. The second-order valence-electron chi connectivity index (χ2n) is 12.1. The zero-order chi connectivity index (χ0) is 28.7. The van der Waals surface area contributed by atoms with Gasteiger partial charge in [-0.1, -0.05) is 62.9 Å². The van der Waals surface area contributed by atoms with Crippen molar-refractivity contribution in [2.45, 2.75) is 103 Å². The molecule has 1 aromatic carbocycles. The van der Waals surface area contributed by atoms with Gasteiger partial charge >= 0.3 is 6.03 Å². The third-order valence-corrected chi connectivity index (χ3v) is 7.93. The van der Waals surface area contributed by atoms with Crippen molar-refractivity contribution in [3.63, 3.8) is 0 Å². The van der Waals surface area contributed by atoms with Gasteiger partial charge in [0.25, 0.3) is 5.91 Å². The van der Waals surface area contributed by atoms with Crippen LogP contribution in [-0.2, 0) is 19.2 Å². The summed E-state index contributed by atoms with van der Waals surface area (Å²) in [5.74, 6) is -4.09. The van der Waals surface area contributed by atoms with E-state index in [1.807, 2.05) is 58.0 Å². The molecular weight excluding hydrogens is 496 g/mol. The van der Waals surface area contributed by atoms with Gasteiger partial charge in [0.1, 0.15) is 0 Å². The van der Waals surface area contributed by atoms with Crippen molar-refractivity contribution >= 4 is 29.4 Å². The van der Waals surface area contributed by atoms with Crippen molar-refractivity contribution in [1.82, 2.24) is 16.0 Å². The summed E-state index contributed by atoms with van der Waals surface area (Å²) in [5.41, 5.74) is 5.70. The number of hydrogen-bond acceptors (Lipinski definition) is 5. The summed E-state index contributed by atoms with van der Waals surface area (Å²) in [6.45, 7) is 7.47. The summed E-state index contributed by atoms with van der Waals surface area (Å²) in [7, 11) is 0. The Labute approximate surface area is 231 Å². The van der Waals surface area contributed by atoms with E-state index in [1.54, 1.807) is 0 Å². The minimum absolute atomic E-state index is 0.000680. The van der Waals surface area contributed by atoms with Gasteiger partial charge in [0.2, 0.25) is 11.7 Å². The Bertz CT molecular complexity index is 1050. The van der Waals surface area contributed by atoms with Crippen molar-refractivity contribution in [3.8, 4) is 0 Å². The van der Waals surface area contributed by atoms with Gasteiger partial charge in [0.15, 0.2) is 5.78 Å². The molecule has 0 aromatic heterocycles. The topological polar surface area (TPSA) is 147 Å². The third kappa shape index (κ3) is 7.90. The smallest absolute Gasteiger partial charge is 0.315 e. The molecule has 9 heteroatoms. The van der Waals surface area contributed by atoms with Crippen LogP contribution in [0.15, 0.2) is 30.3 Å². The summed E-state index contributed by atoms with van der Waals surface area (Å²) in [5, 5.41) is 8.58. The highest BCUT2D eigenvalue weighted by Gasteiger charge is 2.52. The monoisotopic (exact) mass is 540 g/mol. The van der Waals surface area contributed by atoms with E-state index in [2.05, 4.69) is 16.0 Å². The average Bonchev–Trinajstić information content (AvgIpc) is 2.86. The number of carbonyl (C=O) groups excluding carboxylic acids is 5. The van der Waals surface area contributed by atoms with Crippen LogP contribution in [0.5, 0.6) is 0 Å². The van der Waals surface area contributed by atoms with Gasteiger partial charge in [0.05, 0.1) is 18.0 Å². The zero-order valence-corrected chi connectivity index (χ0v) is 23.6. The number of amides is 4. The molecule has 5 N–H and O–H groups in total. The number of benzene rings is 1. The Balaban J connectivity index is 1.88. The fourth-order valence-electron chi connectivity index (χ4n) is 5.99. The molecule has 0 saturated heterocycles. The lowest BCUT2D eigenvalue weighted by Gasteiger charge is -2.45. The van der Waals surface area contributed by atoms with Gasteiger partial charge < -0.3 is 21.7 Å². The van der Waals surface area contributed by atoms with Gasteiger partial charge in [-0.15, -0.1) is 0 Å². The molecule has 9 nitrogen and oxygen atoms in total. The van der Waals surface area contributed by atoms with E-state index in [-0.39, 0.29) is 24.0 Å². The Hall–Kier alpha value is -3.23. The first-order chi connectivity index (χ1) is 18.4. The first-order valence-electron chi connectivity index (χ1n) is 14.2. The van der Waals surface area contributed by atoms with Crippen molar-refractivity contribution in [1.29, 1.82) is 0 Å². The number of rotatable bonds is 11. The molecule has 0 aliphatic heterocycles. The van der Waals surface area contributed by atoms with E-state index in [1.165, 1.54) is 0 Å². The lowest BCUT2D eigenvalue weighted by molar-refractivity contribution is -0.145. The molecule has 2 aliphatic rings. The predicted molar refractivity (Wildman–Crippen MR) is 149 cm³/mol. The first-order valence-corrected chi connectivity index (χ1v) is 14.2. The summed E-state index contributed by atoms with van der Waals surface area (Å²) in [6.07, 6.45) is 6.06. The van der Waals surface area contributed by atoms with Crippen molar-refractivity contribution in [2.24, 2.45) is 23.5 Å². The van der Waals surface area contributed by atoms with Gasteiger partial charge in [-0.3, -0.25) is 19.2 Å². The van der Waals surface area contributed by atoms with Crippen molar-refractivity contribution < 1.29 is 24.0 Å². The molecule has 2 fully saturated rings. The van der Waals surface area contributed by atoms with E-state index >= 15 is 0 Å². The number of nitrogens with two attached hydrogens (primary N) is 1. The van der Waals surface area contributed by atoms with Crippen LogP contribution in [-0.4, -0.2) is 47.0 Å². The molecule has 3 rings (SSSR count). The summed E-state index contributed by atoms with van der Waals surface area (Å²) in [4.78, 5) is 64.7. The summed E-state index contributed by atoms with van der Waals surface area (Å²) < 4.78 is 0. The number of nitrogens with one attached hydrogen (secondary N) is 3. The fourth-order valence-corrected chi connectivity index (χ4v) is 5.99. The van der Waals surface area contributed by atoms with Crippen LogP contribution in [0.25, 0.3) is 0 Å². The van der Waals surface area contributed by atoms with E-state index < -0.39 is 53.1 Å². The highest BCUT2D eigenvalue weighted by Crippen LogP contribution is 2.49. The lowest BCUT2D eigenvalue weighted by Crippen LogP contribution is -2.59. The average molecular weight is 541 g/mol. The normalized spacial score (nSPS) is 23.0. The molecule has 39 heavy (non-hydrogen) atoms. The number of carbonyl (C=O) groups is 5. The van der Waals surface area contributed by atoms with Crippen molar-refractivity contribution in [3.05, 3.63) is 35.9 Å². The molecule has 0 spiro atoms. The van der Waals surface area contributed by atoms with Crippen LogP contribution in [0.4, 0.5) is 4.79 Å². The maximum Gasteiger partial charge on any atom is 0.315 e. The van der Waals surface area contributed by atoms with Crippen molar-refractivity contribution in [2.75, 3.05) is 0 Å². The number of primary amides is 1. The van der Waals surface area contributed by atoms with Gasteiger partial charge in [0, 0.05) is 11.5 Å². The van der Waals surface area contributed by atoms with E-state index in [4.69, 9.17) is 5.73 Å². The molecule has 5 atom stereocenters. The molecule has 5 unspecified atom stereocenters. The minimum atomic E-state index is -1.10. The summed E-state index contributed by atoms with van der Waals surface area (Å²) in [6, 6.07) is 7.38.